The van der Waals surface area contributed by atoms with E-state index in [-0.39, 0.29) is 11.8 Å². The van der Waals surface area contributed by atoms with Crippen molar-refractivity contribution in [2.45, 2.75) is 39.7 Å². The van der Waals surface area contributed by atoms with Crippen LogP contribution in [-0.2, 0) is 16.1 Å². The van der Waals surface area contributed by atoms with Gasteiger partial charge >= 0.3 is 0 Å². The average molecular weight is 352 g/mol. The molecular formula is C18H29N3O2S. The zero-order valence-electron chi connectivity index (χ0n) is 15.1. The maximum Gasteiger partial charge on any atom is 0.227 e. The van der Waals surface area contributed by atoms with E-state index in [4.69, 9.17) is 4.74 Å². The molecule has 0 spiro atoms. The first-order chi connectivity index (χ1) is 11.5. The number of thiazole rings is 1. The highest BCUT2D eigenvalue weighted by Crippen LogP contribution is 2.24. The van der Waals surface area contributed by atoms with Crippen molar-refractivity contribution in [1.82, 2.24) is 14.8 Å². The number of aromatic nitrogens is 1. The van der Waals surface area contributed by atoms with Gasteiger partial charge in [0, 0.05) is 31.6 Å². The average Bonchev–Trinajstić information content (AvgIpc) is 3.19. The summed E-state index contributed by atoms with van der Waals surface area (Å²) in [4.78, 5) is 22.8. The van der Waals surface area contributed by atoms with E-state index in [9.17, 15) is 4.79 Å². The van der Waals surface area contributed by atoms with E-state index < -0.39 is 0 Å². The summed E-state index contributed by atoms with van der Waals surface area (Å²) in [5.41, 5.74) is 1.18. The van der Waals surface area contributed by atoms with Crippen molar-refractivity contribution >= 4 is 17.2 Å². The third kappa shape index (κ3) is 4.35. The highest BCUT2D eigenvalue weighted by molar-refractivity contribution is 7.11. The number of nitrogens with zero attached hydrogens (tertiary/aromatic N) is 3. The van der Waals surface area contributed by atoms with E-state index in [1.165, 1.54) is 23.4 Å². The molecule has 0 aromatic carbocycles. The second kappa shape index (κ2) is 7.93. The molecule has 2 fully saturated rings. The van der Waals surface area contributed by atoms with Gasteiger partial charge < -0.3 is 9.64 Å². The van der Waals surface area contributed by atoms with Crippen molar-refractivity contribution in [2.75, 3.05) is 39.9 Å². The van der Waals surface area contributed by atoms with Gasteiger partial charge in [-0.1, -0.05) is 0 Å². The van der Waals surface area contributed by atoms with Crippen LogP contribution in [0.25, 0.3) is 0 Å². The van der Waals surface area contributed by atoms with E-state index in [1.54, 1.807) is 0 Å². The lowest BCUT2D eigenvalue weighted by Crippen LogP contribution is -2.41. The summed E-state index contributed by atoms with van der Waals surface area (Å²) in [5, 5.41) is 1.16. The standard InChI is InChI=1S/C18H29N3O2S/c1-13-17(24-14(2)19-13)11-21-7-4-15(5-8-21)10-20(3)18(22)16-6-9-23-12-16/h15-16H,4-12H2,1-3H3. The highest BCUT2D eigenvalue weighted by atomic mass is 32.1. The van der Waals surface area contributed by atoms with Crippen LogP contribution in [0.5, 0.6) is 0 Å². The molecule has 1 amide bonds. The van der Waals surface area contributed by atoms with Crippen molar-refractivity contribution in [3.8, 4) is 0 Å². The topological polar surface area (TPSA) is 45.7 Å². The molecule has 2 saturated heterocycles. The van der Waals surface area contributed by atoms with Crippen LogP contribution >= 0.6 is 11.3 Å². The van der Waals surface area contributed by atoms with Gasteiger partial charge in [0.25, 0.3) is 0 Å². The normalized spacial score (nSPS) is 22.9. The largest absolute Gasteiger partial charge is 0.381 e. The van der Waals surface area contributed by atoms with Crippen molar-refractivity contribution in [3.63, 3.8) is 0 Å². The molecule has 24 heavy (non-hydrogen) atoms. The van der Waals surface area contributed by atoms with Crippen LogP contribution in [0.15, 0.2) is 0 Å². The van der Waals surface area contributed by atoms with Crippen molar-refractivity contribution in [1.29, 1.82) is 0 Å². The summed E-state index contributed by atoms with van der Waals surface area (Å²) in [6, 6.07) is 0. The molecule has 0 N–H and O–H groups in total. The number of hydrogen-bond donors (Lipinski definition) is 0. The van der Waals surface area contributed by atoms with Gasteiger partial charge in [-0.05, 0) is 52.1 Å². The fourth-order valence-corrected chi connectivity index (χ4v) is 4.75. The third-order valence-corrected chi connectivity index (χ3v) is 6.32. The van der Waals surface area contributed by atoms with E-state index in [2.05, 4.69) is 23.7 Å². The SMILES string of the molecule is Cc1nc(C)c(CN2CCC(CN(C)C(=O)C3CCOC3)CC2)s1. The molecule has 0 radical (unpaired) electrons. The maximum atomic E-state index is 12.4. The summed E-state index contributed by atoms with van der Waals surface area (Å²) >= 11 is 1.82. The summed E-state index contributed by atoms with van der Waals surface area (Å²) < 4.78 is 5.34. The Morgan fingerprint density at radius 3 is 2.67 bits per heavy atom. The number of aryl methyl sites for hydroxylation is 2. The molecule has 134 valence electrons. The van der Waals surface area contributed by atoms with E-state index >= 15 is 0 Å². The molecule has 1 unspecified atom stereocenters. The Balaban J connectivity index is 1.43. The monoisotopic (exact) mass is 351 g/mol. The second-order valence-electron chi connectivity index (χ2n) is 7.24. The molecule has 1 aromatic heterocycles. The van der Waals surface area contributed by atoms with Gasteiger partial charge in [-0.2, -0.15) is 0 Å². The van der Waals surface area contributed by atoms with Crippen LogP contribution in [0.3, 0.4) is 0 Å². The Hall–Kier alpha value is -0.980. The van der Waals surface area contributed by atoms with Gasteiger partial charge in [0.15, 0.2) is 0 Å². The minimum absolute atomic E-state index is 0.0904. The number of carbonyl (C=O) groups is 1. The van der Waals surface area contributed by atoms with Gasteiger partial charge in [0.2, 0.25) is 5.91 Å². The Bertz CT molecular complexity index is 561. The van der Waals surface area contributed by atoms with Gasteiger partial charge in [0.05, 0.1) is 23.2 Å². The van der Waals surface area contributed by atoms with Crippen molar-refractivity contribution in [3.05, 3.63) is 15.6 Å². The predicted molar refractivity (Wildman–Crippen MR) is 96.2 cm³/mol. The number of ether oxygens (including phenoxy) is 1. The minimum Gasteiger partial charge on any atom is -0.381 e. The van der Waals surface area contributed by atoms with Crippen LogP contribution in [0.1, 0.15) is 34.8 Å². The lowest BCUT2D eigenvalue weighted by Gasteiger charge is -2.34. The van der Waals surface area contributed by atoms with Crippen LogP contribution < -0.4 is 0 Å². The van der Waals surface area contributed by atoms with Crippen LogP contribution in [0, 0.1) is 25.7 Å². The minimum atomic E-state index is 0.0904. The molecular weight excluding hydrogens is 322 g/mol. The number of carbonyl (C=O) groups excluding carboxylic acids is 1. The fraction of sp³-hybridized carbons (Fsp3) is 0.778. The molecule has 0 saturated carbocycles. The van der Waals surface area contributed by atoms with E-state index in [0.29, 0.717) is 12.5 Å². The van der Waals surface area contributed by atoms with Crippen LogP contribution in [-0.4, -0.2) is 60.6 Å². The number of piperidine rings is 1. The number of rotatable bonds is 5. The molecule has 1 atom stereocenters. The molecule has 6 heteroatoms. The Morgan fingerprint density at radius 2 is 2.08 bits per heavy atom. The number of likely N-dealkylation sites (tertiary alicyclic amines) is 1. The van der Waals surface area contributed by atoms with E-state index in [0.717, 1.165) is 44.2 Å². The highest BCUT2D eigenvalue weighted by Gasteiger charge is 2.28. The third-order valence-electron chi connectivity index (χ3n) is 5.26. The number of amides is 1. The molecule has 1 aromatic rings. The first-order valence-corrected chi connectivity index (χ1v) is 9.82. The van der Waals surface area contributed by atoms with Crippen molar-refractivity contribution in [2.24, 2.45) is 11.8 Å². The molecule has 2 aliphatic heterocycles. The smallest absolute Gasteiger partial charge is 0.227 e. The van der Waals surface area contributed by atoms with Gasteiger partial charge in [0.1, 0.15) is 0 Å². The van der Waals surface area contributed by atoms with E-state index in [1.807, 2.05) is 23.3 Å². The lowest BCUT2D eigenvalue weighted by atomic mass is 9.95. The summed E-state index contributed by atoms with van der Waals surface area (Å²) in [6.07, 6.45) is 3.24. The zero-order chi connectivity index (χ0) is 17.1. The van der Waals surface area contributed by atoms with Gasteiger partial charge in [-0.15, -0.1) is 11.3 Å². The second-order valence-corrected chi connectivity index (χ2v) is 8.53. The number of hydrogen-bond acceptors (Lipinski definition) is 5. The Labute approximate surface area is 149 Å². The molecule has 5 nitrogen and oxygen atoms in total. The summed E-state index contributed by atoms with van der Waals surface area (Å²) in [6.45, 7) is 9.69. The summed E-state index contributed by atoms with van der Waals surface area (Å²) in [5.74, 6) is 0.986. The summed E-state index contributed by atoms with van der Waals surface area (Å²) in [7, 11) is 1.95. The van der Waals surface area contributed by atoms with Gasteiger partial charge in [-0.3, -0.25) is 9.69 Å². The molecule has 3 rings (SSSR count). The fourth-order valence-electron chi connectivity index (χ4n) is 3.77. The molecule has 2 aliphatic rings. The van der Waals surface area contributed by atoms with Gasteiger partial charge in [-0.25, -0.2) is 4.98 Å². The van der Waals surface area contributed by atoms with Crippen LogP contribution in [0.4, 0.5) is 0 Å². The Morgan fingerprint density at radius 1 is 1.33 bits per heavy atom. The quantitative estimate of drug-likeness (QED) is 0.817. The molecule has 0 aliphatic carbocycles. The maximum absolute atomic E-state index is 12.4. The first kappa shape index (κ1) is 17.8. The molecule has 3 heterocycles. The zero-order valence-corrected chi connectivity index (χ0v) is 15.9. The lowest BCUT2D eigenvalue weighted by molar-refractivity contribution is -0.134. The molecule has 0 bridgehead atoms. The Kier molecular flexibility index (Phi) is 5.89. The predicted octanol–water partition coefficient (Wildman–Crippen LogP) is 2.47. The van der Waals surface area contributed by atoms with Crippen molar-refractivity contribution < 1.29 is 9.53 Å². The van der Waals surface area contributed by atoms with Crippen LogP contribution in [0.2, 0.25) is 0 Å². The first-order valence-electron chi connectivity index (χ1n) is 9.01.